The van der Waals surface area contributed by atoms with Gasteiger partial charge in [-0.1, -0.05) is 34.4 Å². The molecule has 2 aromatic carbocycles. The summed E-state index contributed by atoms with van der Waals surface area (Å²) in [5, 5.41) is 15.2. The lowest BCUT2D eigenvalue weighted by Crippen LogP contribution is -2.19. The van der Waals surface area contributed by atoms with Crippen LogP contribution in [0.25, 0.3) is 0 Å². The quantitative estimate of drug-likeness (QED) is 0.350. The molecule has 2 aromatic rings. The number of nitrogens with two attached hydrogens (primary N) is 1. The Balaban J connectivity index is 2.35. The normalized spacial score (nSPS) is 11.2. The molecule has 21 heavy (non-hydrogen) atoms. The summed E-state index contributed by atoms with van der Waals surface area (Å²) in [6, 6.07) is 11.1. The first-order valence-corrected chi connectivity index (χ1v) is 6.61. The first-order chi connectivity index (χ1) is 10.0. The van der Waals surface area contributed by atoms with Gasteiger partial charge in [0.2, 0.25) is 0 Å². The van der Waals surface area contributed by atoms with Gasteiger partial charge in [-0.2, -0.15) is 0 Å². The Labute approximate surface area is 131 Å². The molecule has 0 unspecified atom stereocenters. The van der Waals surface area contributed by atoms with Crippen molar-refractivity contribution in [2.45, 2.75) is 0 Å². The van der Waals surface area contributed by atoms with E-state index in [4.69, 9.17) is 34.1 Å². The number of halogens is 2. The SMILES string of the molecule is NC(=NO)c1ccc(Cl)cc1NC(=O)c1cccc(Cl)c1. The van der Waals surface area contributed by atoms with E-state index < -0.39 is 0 Å². The maximum atomic E-state index is 12.2. The maximum absolute atomic E-state index is 12.2. The molecule has 5 nitrogen and oxygen atoms in total. The number of hydrogen-bond acceptors (Lipinski definition) is 3. The van der Waals surface area contributed by atoms with Gasteiger partial charge in [0.05, 0.1) is 5.69 Å². The van der Waals surface area contributed by atoms with Crippen molar-refractivity contribution in [3.8, 4) is 0 Å². The molecule has 0 bridgehead atoms. The number of carbonyl (C=O) groups excluding carboxylic acids is 1. The zero-order valence-corrected chi connectivity index (χ0v) is 12.2. The van der Waals surface area contributed by atoms with Crippen LogP contribution < -0.4 is 11.1 Å². The number of benzene rings is 2. The lowest BCUT2D eigenvalue weighted by Gasteiger charge is -2.11. The average molecular weight is 324 g/mol. The van der Waals surface area contributed by atoms with Gasteiger partial charge in [0.1, 0.15) is 0 Å². The predicted octanol–water partition coefficient (Wildman–Crippen LogP) is 3.34. The van der Waals surface area contributed by atoms with Gasteiger partial charge in [-0.3, -0.25) is 4.79 Å². The number of hydrogen-bond donors (Lipinski definition) is 3. The topological polar surface area (TPSA) is 87.7 Å². The van der Waals surface area contributed by atoms with Gasteiger partial charge in [0, 0.05) is 21.2 Å². The number of amides is 1. The zero-order valence-electron chi connectivity index (χ0n) is 10.7. The van der Waals surface area contributed by atoms with Crippen LogP contribution in [-0.4, -0.2) is 17.0 Å². The summed E-state index contributed by atoms with van der Waals surface area (Å²) in [4.78, 5) is 12.2. The van der Waals surface area contributed by atoms with Crippen molar-refractivity contribution in [2.24, 2.45) is 10.9 Å². The Bertz CT molecular complexity index is 717. The Hall–Kier alpha value is -2.24. The van der Waals surface area contributed by atoms with E-state index in [0.717, 1.165) is 0 Å². The smallest absolute Gasteiger partial charge is 0.255 e. The molecule has 0 aromatic heterocycles. The van der Waals surface area contributed by atoms with E-state index in [-0.39, 0.29) is 11.7 Å². The summed E-state index contributed by atoms with van der Waals surface area (Å²) in [6.45, 7) is 0. The number of nitrogens with zero attached hydrogens (tertiary/aromatic N) is 1. The van der Waals surface area contributed by atoms with Crippen LogP contribution in [0.15, 0.2) is 47.6 Å². The molecular formula is C14H11Cl2N3O2. The van der Waals surface area contributed by atoms with Gasteiger partial charge >= 0.3 is 0 Å². The minimum Gasteiger partial charge on any atom is -0.409 e. The van der Waals surface area contributed by atoms with E-state index in [1.54, 1.807) is 30.3 Å². The molecular weight excluding hydrogens is 313 g/mol. The standard InChI is InChI=1S/C14H11Cl2N3O2/c15-9-3-1-2-8(6-9)14(20)18-12-7-10(16)4-5-11(12)13(17)19-21/h1-7,21H,(H2,17,19)(H,18,20). The molecule has 0 saturated heterocycles. The van der Waals surface area contributed by atoms with Crippen molar-refractivity contribution >= 4 is 40.6 Å². The molecule has 0 fully saturated rings. The van der Waals surface area contributed by atoms with Crippen molar-refractivity contribution in [1.82, 2.24) is 0 Å². The summed E-state index contributed by atoms with van der Waals surface area (Å²) < 4.78 is 0. The number of anilines is 1. The number of amidine groups is 1. The minimum absolute atomic E-state index is 0.131. The molecule has 0 radical (unpaired) electrons. The van der Waals surface area contributed by atoms with Gasteiger partial charge in [0.15, 0.2) is 5.84 Å². The fourth-order valence-corrected chi connectivity index (χ4v) is 2.08. The highest BCUT2D eigenvalue weighted by atomic mass is 35.5. The monoisotopic (exact) mass is 323 g/mol. The van der Waals surface area contributed by atoms with Crippen LogP contribution >= 0.6 is 23.2 Å². The second-order valence-corrected chi connectivity index (χ2v) is 5.01. The molecule has 0 spiro atoms. The number of carbonyl (C=O) groups is 1. The summed E-state index contributed by atoms with van der Waals surface area (Å²) in [6.07, 6.45) is 0. The molecule has 7 heteroatoms. The Morgan fingerprint density at radius 3 is 2.52 bits per heavy atom. The molecule has 108 valence electrons. The third kappa shape index (κ3) is 3.65. The number of nitrogens with one attached hydrogen (secondary N) is 1. The summed E-state index contributed by atoms with van der Waals surface area (Å²) >= 11 is 11.8. The van der Waals surface area contributed by atoms with Crippen molar-refractivity contribution in [2.75, 3.05) is 5.32 Å². The second-order valence-electron chi connectivity index (χ2n) is 4.14. The third-order valence-corrected chi connectivity index (χ3v) is 3.17. The van der Waals surface area contributed by atoms with E-state index in [1.807, 2.05) is 0 Å². The molecule has 0 aliphatic carbocycles. The Morgan fingerprint density at radius 1 is 1.14 bits per heavy atom. The molecule has 0 atom stereocenters. The van der Waals surface area contributed by atoms with Gasteiger partial charge in [-0.05, 0) is 36.4 Å². The van der Waals surface area contributed by atoms with Crippen LogP contribution in [-0.2, 0) is 0 Å². The molecule has 0 aliphatic heterocycles. The van der Waals surface area contributed by atoms with Crippen molar-refractivity contribution in [3.63, 3.8) is 0 Å². The van der Waals surface area contributed by atoms with Crippen LogP contribution in [0.2, 0.25) is 10.0 Å². The van der Waals surface area contributed by atoms with Crippen LogP contribution in [0.4, 0.5) is 5.69 Å². The second kappa shape index (κ2) is 6.47. The summed E-state index contributed by atoms with van der Waals surface area (Å²) in [7, 11) is 0. The van der Waals surface area contributed by atoms with Gasteiger partial charge in [-0.25, -0.2) is 0 Å². The third-order valence-electron chi connectivity index (χ3n) is 2.70. The Kier molecular flexibility index (Phi) is 4.67. The van der Waals surface area contributed by atoms with Crippen LogP contribution in [0.5, 0.6) is 0 Å². The van der Waals surface area contributed by atoms with Crippen molar-refractivity contribution in [1.29, 1.82) is 0 Å². The molecule has 2 rings (SSSR count). The van der Waals surface area contributed by atoms with Gasteiger partial charge in [-0.15, -0.1) is 0 Å². The van der Waals surface area contributed by atoms with Crippen molar-refractivity contribution in [3.05, 3.63) is 63.6 Å². The highest BCUT2D eigenvalue weighted by Crippen LogP contribution is 2.22. The molecule has 0 aliphatic rings. The molecule has 4 N–H and O–H groups in total. The van der Waals surface area contributed by atoms with E-state index in [2.05, 4.69) is 10.5 Å². The van der Waals surface area contributed by atoms with E-state index >= 15 is 0 Å². The van der Waals surface area contributed by atoms with Crippen LogP contribution in [0.1, 0.15) is 15.9 Å². The number of rotatable bonds is 3. The first-order valence-electron chi connectivity index (χ1n) is 5.85. The Morgan fingerprint density at radius 2 is 1.86 bits per heavy atom. The lowest BCUT2D eigenvalue weighted by atomic mass is 10.1. The number of oxime groups is 1. The molecule has 0 heterocycles. The molecule has 0 saturated carbocycles. The van der Waals surface area contributed by atoms with E-state index in [1.165, 1.54) is 12.1 Å². The first kappa shape index (κ1) is 15.2. The fourth-order valence-electron chi connectivity index (χ4n) is 1.72. The molecule has 1 amide bonds. The highest BCUT2D eigenvalue weighted by molar-refractivity contribution is 6.31. The summed E-state index contributed by atoms with van der Waals surface area (Å²) in [5.74, 6) is -0.514. The fraction of sp³-hybridized carbons (Fsp3) is 0. The van der Waals surface area contributed by atoms with Gasteiger partial charge in [0.25, 0.3) is 5.91 Å². The summed E-state index contributed by atoms with van der Waals surface area (Å²) in [5.41, 5.74) is 6.65. The van der Waals surface area contributed by atoms with E-state index in [9.17, 15) is 4.79 Å². The van der Waals surface area contributed by atoms with E-state index in [0.29, 0.717) is 26.9 Å². The highest BCUT2D eigenvalue weighted by Gasteiger charge is 2.12. The largest absolute Gasteiger partial charge is 0.409 e. The average Bonchev–Trinajstić information content (AvgIpc) is 2.46. The maximum Gasteiger partial charge on any atom is 0.255 e. The predicted molar refractivity (Wildman–Crippen MR) is 83.4 cm³/mol. The van der Waals surface area contributed by atoms with Crippen LogP contribution in [0, 0.1) is 0 Å². The zero-order chi connectivity index (χ0) is 15.4. The minimum atomic E-state index is -0.383. The van der Waals surface area contributed by atoms with Crippen LogP contribution in [0.3, 0.4) is 0 Å². The lowest BCUT2D eigenvalue weighted by molar-refractivity contribution is 0.102. The van der Waals surface area contributed by atoms with Gasteiger partial charge < -0.3 is 16.3 Å². The van der Waals surface area contributed by atoms with Crippen molar-refractivity contribution < 1.29 is 10.0 Å².